The topological polar surface area (TPSA) is 98.7 Å². The van der Waals surface area contributed by atoms with Crippen LogP contribution in [0.25, 0.3) is 10.9 Å². The van der Waals surface area contributed by atoms with Gasteiger partial charge in [0.05, 0.1) is 18.1 Å². The van der Waals surface area contributed by atoms with Crippen molar-refractivity contribution >= 4 is 39.9 Å². The normalized spacial score (nSPS) is 13.8. The van der Waals surface area contributed by atoms with Crippen LogP contribution < -0.4 is 14.8 Å². The van der Waals surface area contributed by atoms with E-state index in [1.807, 2.05) is 61.1 Å². The predicted octanol–water partition coefficient (Wildman–Crippen LogP) is 5.68. The van der Waals surface area contributed by atoms with Crippen molar-refractivity contribution in [2.24, 2.45) is 7.05 Å². The van der Waals surface area contributed by atoms with Gasteiger partial charge in [-0.05, 0) is 72.9 Å². The molecule has 0 spiro atoms. The van der Waals surface area contributed by atoms with E-state index < -0.39 is 16.9 Å². The van der Waals surface area contributed by atoms with Crippen molar-refractivity contribution in [3.05, 3.63) is 89.1 Å². The first kappa shape index (κ1) is 30.0. The minimum absolute atomic E-state index is 0.359. The van der Waals surface area contributed by atoms with Crippen molar-refractivity contribution in [2.75, 3.05) is 19.5 Å². The monoisotopic (exact) mass is 575 g/mol. The van der Waals surface area contributed by atoms with Gasteiger partial charge in [-0.15, -0.1) is 0 Å². The Labute approximate surface area is 243 Å². The largest absolute Gasteiger partial charge is 0.496 e. The van der Waals surface area contributed by atoms with Gasteiger partial charge in [0.25, 0.3) is 5.91 Å². The van der Waals surface area contributed by atoms with Crippen molar-refractivity contribution in [1.29, 1.82) is 0 Å². The number of rotatable bonds is 9. The third kappa shape index (κ3) is 7.42. The smallest absolute Gasteiger partial charge is 0.263 e. The van der Waals surface area contributed by atoms with E-state index in [9.17, 15) is 13.8 Å². The number of aromatic nitrogens is 1. The Balaban J connectivity index is 0.000000483. The second-order valence-corrected chi connectivity index (χ2v) is 11.3. The number of carbonyl (C=O) groups is 2. The number of carbonyl (C=O) groups excluding carboxylic acids is 2. The van der Waals surface area contributed by atoms with E-state index in [1.54, 1.807) is 38.5 Å². The van der Waals surface area contributed by atoms with Gasteiger partial charge in [-0.25, -0.2) is 4.21 Å². The molecule has 1 heterocycles. The van der Waals surface area contributed by atoms with Crippen LogP contribution in [0.15, 0.2) is 71.8 Å². The number of fused-ring (bicyclic) bond motifs is 1. The number of nitrogens with one attached hydrogen (secondary N) is 2. The molecule has 41 heavy (non-hydrogen) atoms. The first-order valence-corrected chi connectivity index (χ1v) is 14.8. The van der Waals surface area contributed by atoms with Crippen LogP contribution in [0, 0.1) is 6.92 Å². The van der Waals surface area contributed by atoms with Gasteiger partial charge in [0.2, 0.25) is 6.41 Å². The van der Waals surface area contributed by atoms with Gasteiger partial charge in [-0.1, -0.05) is 37.1 Å². The van der Waals surface area contributed by atoms with Crippen molar-refractivity contribution < 1.29 is 23.3 Å². The van der Waals surface area contributed by atoms with Crippen molar-refractivity contribution in [2.45, 2.75) is 50.0 Å². The van der Waals surface area contributed by atoms with Crippen LogP contribution >= 0.6 is 0 Å². The summed E-state index contributed by atoms with van der Waals surface area (Å²) < 4.78 is 27.9. The summed E-state index contributed by atoms with van der Waals surface area (Å²) in [5.74, 6) is 0.120. The van der Waals surface area contributed by atoms with Crippen molar-refractivity contribution in [3.63, 3.8) is 0 Å². The molecular weight excluding hydrogens is 538 g/mol. The fourth-order valence-corrected chi connectivity index (χ4v) is 6.05. The molecule has 4 aromatic rings. The zero-order valence-corrected chi connectivity index (χ0v) is 24.8. The van der Waals surface area contributed by atoms with Crippen molar-refractivity contribution in [3.8, 4) is 5.75 Å². The molecule has 1 atom stereocenters. The molecule has 1 aliphatic rings. The highest BCUT2D eigenvalue weighted by atomic mass is 32.2. The highest BCUT2D eigenvalue weighted by molar-refractivity contribution is 7.83. The lowest BCUT2D eigenvalue weighted by atomic mass is 10.0. The number of aryl methyl sites for hydroxylation is 2. The number of methoxy groups -OCH3 is 2. The molecule has 216 valence electrons. The summed E-state index contributed by atoms with van der Waals surface area (Å²) in [6, 6.07) is 18.2. The van der Waals surface area contributed by atoms with Gasteiger partial charge < -0.3 is 19.4 Å². The Bertz CT molecular complexity index is 1540. The molecule has 2 N–H and O–H groups in total. The lowest BCUT2D eigenvalue weighted by Gasteiger charge is -2.12. The molecule has 0 saturated heterocycles. The maximum Gasteiger partial charge on any atom is 0.263 e. The Morgan fingerprint density at radius 2 is 1.80 bits per heavy atom. The standard InChI is InChI=1S/C26H25N3O4S.C6H12O/c1-17-6-4-5-7-25(17)34(32)28-26(31)19-9-8-18(24(13-19)33-3)12-20-15-29(2)23-11-10-21(27-16-30)14-22(20)23;1-7-6-4-2-3-5-6/h4-11,13-16H,12H2,1-3H3,(H,27,30)(H,28,31);6H,2-5H2,1H3. The van der Waals surface area contributed by atoms with E-state index in [-0.39, 0.29) is 0 Å². The van der Waals surface area contributed by atoms with Crippen LogP contribution in [-0.2, 0) is 34.0 Å². The summed E-state index contributed by atoms with van der Waals surface area (Å²) in [6.45, 7) is 1.85. The first-order valence-electron chi connectivity index (χ1n) is 13.6. The molecule has 1 fully saturated rings. The first-order chi connectivity index (χ1) is 19.8. The van der Waals surface area contributed by atoms with Crippen LogP contribution in [0.5, 0.6) is 5.75 Å². The molecule has 5 rings (SSSR count). The van der Waals surface area contributed by atoms with Crippen LogP contribution in [-0.4, -0.2) is 41.4 Å². The lowest BCUT2D eigenvalue weighted by molar-refractivity contribution is -0.105. The predicted molar refractivity (Wildman–Crippen MR) is 163 cm³/mol. The summed E-state index contributed by atoms with van der Waals surface area (Å²) in [5, 5.41) is 3.71. The molecule has 1 aliphatic carbocycles. The number of nitrogens with zero attached hydrogens (tertiary/aromatic N) is 1. The summed E-state index contributed by atoms with van der Waals surface area (Å²) in [6.07, 6.45) is 9.19. The van der Waals surface area contributed by atoms with Crippen molar-refractivity contribution in [1.82, 2.24) is 9.29 Å². The summed E-state index contributed by atoms with van der Waals surface area (Å²) in [4.78, 5) is 24.2. The zero-order chi connectivity index (χ0) is 29.4. The molecule has 0 bridgehead atoms. The van der Waals surface area contributed by atoms with E-state index >= 15 is 0 Å². The number of ether oxygens (including phenoxy) is 2. The van der Waals surface area contributed by atoms with E-state index in [2.05, 4.69) is 10.0 Å². The van der Waals surface area contributed by atoms with Crippen LogP contribution in [0.2, 0.25) is 0 Å². The Hall–Kier alpha value is -3.95. The summed E-state index contributed by atoms with van der Waals surface area (Å²) in [7, 11) is 3.67. The van der Waals surface area contributed by atoms with Gasteiger partial charge in [-0.3, -0.25) is 14.3 Å². The molecule has 9 heteroatoms. The molecule has 2 amide bonds. The lowest BCUT2D eigenvalue weighted by Crippen LogP contribution is -2.26. The molecule has 1 unspecified atom stereocenters. The molecule has 8 nitrogen and oxygen atoms in total. The van der Waals surface area contributed by atoms with Gasteiger partial charge in [0.1, 0.15) is 5.75 Å². The van der Waals surface area contributed by atoms with E-state index in [0.29, 0.717) is 35.1 Å². The number of benzene rings is 3. The molecular formula is C32H37N3O5S. The number of amides is 2. The third-order valence-corrected chi connectivity index (χ3v) is 8.57. The van der Waals surface area contributed by atoms with E-state index in [4.69, 9.17) is 9.47 Å². The van der Waals surface area contributed by atoms with Gasteiger partial charge in [-0.2, -0.15) is 0 Å². The van der Waals surface area contributed by atoms with Gasteiger partial charge in [0.15, 0.2) is 11.0 Å². The number of hydrogen-bond acceptors (Lipinski definition) is 5. The van der Waals surface area contributed by atoms with Gasteiger partial charge in [0, 0.05) is 48.9 Å². The van der Waals surface area contributed by atoms with E-state index in [1.165, 1.54) is 25.7 Å². The second kappa shape index (κ2) is 14.1. The minimum atomic E-state index is -1.66. The van der Waals surface area contributed by atoms with Gasteiger partial charge >= 0.3 is 0 Å². The molecule has 3 aromatic carbocycles. The quantitative estimate of drug-likeness (QED) is 0.250. The highest BCUT2D eigenvalue weighted by Gasteiger charge is 2.17. The molecule has 1 saturated carbocycles. The number of hydrogen-bond donors (Lipinski definition) is 2. The number of anilines is 1. The minimum Gasteiger partial charge on any atom is -0.496 e. The fourth-order valence-electron chi connectivity index (χ4n) is 5.10. The average molecular weight is 576 g/mol. The SMILES string of the molecule is COC1CCCC1.COc1cc(C(=O)NS(=O)c2ccccc2C)ccc1Cc1cn(C)c2ccc(NC=O)cc12. The van der Waals surface area contributed by atoms with Crippen LogP contribution in [0.4, 0.5) is 5.69 Å². The highest BCUT2D eigenvalue weighted by Crippen LogP contribution is 2.30. The Morgan fingerprint density at radius 3 is 2.46 bits per heavy atom. The Morgan fingerprint density at radius 1 is 1.05 bits per heavy atom. The molecule has 1 aromatic heterocycles. The maximum atomic E-state index is 12.8. The fraction of sp³-hybridized carbons (Fsp3) is 0.312. The van der Waals surface area contributed by atoms with Crippen LogP contribution in [0.3, 0.4) is 0 Å². The molecule has 0 aliphatic heterocycles. The second-order valence-electron chi connectivity index (χ2n) is 10.1. The third-order valence-electron chi connectivity index (χ3n) is 7.34. The summed E-state index contributed by atoms with van der Waals surface area (Å²) in [5.41, 5.74) is 4.92. The average Bonchev–Trinajstić information content (AvgIpc) is 3.62. The van der Waals surface area contributed by atoms with E-state index in [0.717, 1.165) is 33.3 Å². The zero-order valence-electron chi connectivity index (χ0n) is 23.9. The summed E-state index contributed by atoms with van der Waals surface area (Å²) >= 11 is 0. The molecule has 0 radical (unpaired) electrons. The Kier molecular flexibility index (Phi) is 10.3. The van der Waals surface area contributed by atoms with Crippen LogP contribution in [0.1, 0.15) is 52.7 Å². The maximum absolute atomic E-state index is 12.8.